The van der Waals surface area contributed by atoms with Crippen molar-refractivity contribution in [1.82, 2.24) is 25.6 Å². The Morgan fingerprint density at radius 2 is 1.76 bits per heavy atom. The Morgan fingerprint density at radius 1 is 1.00 bits per heavy atom. The van der Waals surface area contributed by atoms with Gasteiger partial charge in [-0.1, -0.05) is 20.8 Å². The first kappa shape index (κ1) is 20.4. The van der Waals surface area contributed by atoms with Gasteiger partial charge in [0.15, 0.2) is 0 Å². The van der Waals surface area contributed by atoms with Crippen molar-refractivity contribution in [3.8, 4) is 0 Å². The minimum Gasteiger partial charge on any atom is -0.350 e. The minimum absolute atomic E-state index is 0.201. The zero-order chi connectivity index (χ0) is 20.8. The molecule has 1 aromatic carbocycles. The summed E-state index contributed by atoms with van der Waals surface area (Å²) in [6.07, 6.45) is 6.94. The lowest BCUT2D eigenvalue weighted by Gasteiger charge is -2.14. The Balaban J connectivity index is 1.72. The summed E-state index contributed by atoms with van der Waals surface area (Å²) in [6, 6.07) is 6.03. The number of nitrogens with zero attached hydrogens (tertiary/aromatic N) is 3. The van der Waals surface area contributed by atoms with E-state index in [-0.39, 0.29) is 24.1 Å². The molecule has 0 unspecified atom stereocenters. The highest BCUT2D eigenvalue weighted by molar-refractivity contribution is 6.06. The molecule has 7 heteroatoms. The van der Waals surface area contributed by atoms with E-state index in [4.69, 9.17) is 0 Å². The monoisotopic (exact) mass is 391 g/mol. The lowest BCUT2D eigenvalue weighted by Crippen LogP contribution is -2.35. The summed E-state index contributed by atoms with van der Waals surface area (Å²) >= 11 is 0. The summed E-state index contributed by atoms with van der Waals surface area (Å²) in [4.78, 5) is 37.1. The van der Waals surface area contributed by atoms with Crippen molar-refractivity contribution in [2.75, 3.05) is 13.1 Å². The summed E-state index contributed by atoms with van der Waals surface area (Å²) in [5.41, 5.74) is 3.77. The van der Waals surface area contributed by atoms with E-state index in [9.17, 15) is 9.59 Å². The van der Waals surface area contributed by atoms with Crippen LogP contribution < -0.4 is 10.6 Å². The SMILES string of the molecule is CCc1cc(C(=O)NCCNC(=O)c2cnccn2)c2nccc(C(C)C)c2c1. The fraction of sp³-hybridized carbons (Fsp3) is 0.318. The van der Waals surface area contributed by atoms with Gasteiger partial charge in [0.05, 0.1) is 17.3 Å². The van der Waals surface area contributed by atoms with E-state index in [1.807, 2.05) is 12.1 Å². The van der Waals surface area contributed by atoms with Gasteiger partial charge in [-0.2, -0.15) is 0 Å². The van der Waals surface area contributed by atoms with Gasteiger partial charge in [0.25, 0.3) is 11.8 Å². The van der Waals surface area contributed by atoms with Gasteiger partial charge >= 0.3 is 0 Å². The molecule has 2 heterocycles. The second-order valence-corrected chi connectivity index (χ2v) is 7.05. The van der Waals surface area contributed by atoms with Crippen LogP contribution in [0.5, 0.6) is 0 Å². The quantitative estimate of drug-likeness (QED) is 0.604. The van der Waals surface area contributed by atoms with Crippen molar-refractivity contribution < 1.29 is 9.59 Å². The summed E-state index contributed by atoms with van der Waals surface area (Å²) < 4.78 is 0. The number of nitrogens with one attached hydrogen (secondary N) is 2. The third-order valence-electron chi connectivity index (χ3n) is 4.71. The molecule has 150 valence electrons. The molecule has 0 aliphatic rings. The molecule has 0 fully saturated rings. The second-order valence-electron chi connectivity index (χ2n) is 7.05. The largest absolute Gasteiger partial charge is 0.350 e. The first-order valence-electron chi connectivity index (χ1n) is 9.75. The number of hydrogen-bond donors (Lipinski definition) is 2. The summed E-state index contributed by atoms with van der Waals surface area (Å²) in [5.74, 6) is -0.193. The zero-order valence-corrected chi connectivity index (χ0v) is 16.9. The smallest absolute Gasteiger partial charge is 0.271 e. The Morgan fingerprint density at radius 3 is 2.41 bits per heavy atom. The van der Waals surface area contributed by atoms with Crippen molar-refractivity contribution in [1.29, 1.82) is 0 Å². The van der Waals surface area contributed by atoms with Crippen molar-refractivity contribution in [3.05, 3.63) is 65.4 Å². The van der Waals surface area contributed by atoms with E-state index in [0.717, 1.165) is 17.4 Å². The molecule has 0 aliphatic heterocycles. The Labute approximate surface area is 170 Å². The molecule has 7 nitrogen and oxygen atoms in total. The number of fused-ring (bicyclic) bond motifs is 1. The third kappa shape index (κ3) is 4.74. The number of pyridine rings is 1. The van der Waals surface area contributed by atoms with Crippen LogP contribution in [0, 0.1) is 0 Å². The van der Waals surface area contributed by atoms with Gasteiger partial charge in [-0.25, -0.2) is 4.98 Å². The first-order valence-corrected chi connectivity index (χ1v) is 9.75. The molecular formula is C22H25N5O2. The maximum Gasteiger partial charge on any atom is 0.271 e. The topological polar surface area (TPSA) is 96.9 Å². The number of benzene rings is 1. The fourth-order valence-electron chi connectivity index (χ4n) is 3.17. The van der Waals surface area contributed by atoms with Crippen LogP contribution in [0.3, 0.4) is 0 Å². The van der Waals surface area contributed by atoms with Crippen LogP contribution in [-0.4, -0.2) is 39.9 Å². The molecule has 0 aliphatic carbocycles. The van der Waals surface area contributed by atoms with E-state index in [1.165, 1.54) is 24.2 Å². The summed E-state index contributed by atoms with van der Waals surface area (Å²) in [6.45, 7) is 6.92. The van der Waals surface area contributed by atoms with E-state index in [1.54, 1.807) is 6.20 Å². The average molecular weight is 391 g/mol. The van der Waals surface area contributed by atoms with Gasteiger partial charge in [0.1, 0.15) is 5.69 Å². The van der Waals surface area contributed by atoms with Gasteiger partial charge < -0.3 is 10.6 Å². The Kier molecular flexibility index (Phi) is 6.49. The van der Waals surface area contributed by atoms with Crippen molar-refractivity contribution in [2.45, 2.75) is 33.1 Å². The highest BCUT2D eigenvalue weighted by Gasteiger charge is 2.16. The Hall–Kier alpha value is -3.35. The van der Waals surface area contributed by atoms with Gasteiger partial charge in [0.2, 0.25) is 0 Å². The number of rotatable bonds is 7. The van der Waals surface area contributed by atoms with Crippen LogP contribution in [0.2, 0.25) is 0 Å². The second kappa shape index (κ2) is 9.23. The van der Waals surface area contributed by atoms with Gasteiger partial charge in [-0.3, -0.25) is 19.6 Å². The van der Waals surface area contributed by atoms with Crippen LogP contribution in [0.4, 0.5) is 0 Å². The molecule has 0 spiro atoms. The van der Waals surface area contributed by atoms with Crippen molar-refractivity contribution in [2.24, 2.45) is 0 Å². The lowest BCUT2D eigenvalue weighted by atomic mass is 9.94. The first-order chi connectivity index (χ1) is 14.0. The molecule has 0 bridgehead atoms. The van der Waals surface area contributed by atoms with E-state index >= 15 is 0 Å². The highest BCUT2D eigenvalue weighted by Crippen LogP contribution is 2.27. The number of amides is 2. The molecular weight excluding hydrogens is 366 g/mol. The molecule has 2 amide bonds. The van der Waals surface area contributed by atoms with Crippen LogP contribution in [-0.2, 0) is 6.42 Å². The third-order valence-corrected chi connectivity index (χ3v) is 4.71. The molecule has 0 saturated heterocycles. The standard InChI is InChI=1S/C22H25N5O2/c1-4-15-11-17-16(14(2)3)5-6-25-20(17)18(12-15)21(28)26-9-10-27-22(29)19-13-23-7-8-24-19/h5-8,11-14H,4,9-10H2,1-3H3,(H,26,28)(H,27,29). The van der Waals surface area contributed by atoms with Gasteiger partial charge in [-0.05, 0) is 41.7 Å². The average Bonchev–Trinajstić information content (AvgIpc) is 2.75. The predicted molar refractivity (Wildman–Crippen MR) is 112 cm³/mol. The highest BCUT2D eigenvalue weighted by atomic mass is 16.2. The van der Waals surface area contributed by atoms with E-state index in [0.29, 0.717) is 23.5 Å². The van der Waals surface area contributed by atoms with Gasteiger partial charge in [-0.15, -0.1) is 0 Å². The van der Waals surface area contributed by atoms with Crippen molar-refractivity contribution >= 4 is 22.7 Å². The maximum atomic E-state index is 12.8. The number of carbonyl (C=O) groups excluding carboxylic acids is 2. The minimum atomic E-state index is -0.325. The van der Waals surface area contributed by atoms with Crippen LogP contribution in [0.25, 0.3) is 10.9 Å². The number of hydrogen-bond acceptors (Lipinski definition) is 5. The van der Waals surface area contributed by atoms with Crippen molar-refractivity contribution in [3.63, 3.8) is 0 Å². The Bertz CT molecular complexity index is 1020. The molecule has 29 heavy (non-hydrogen) atoms. The molecule has 0 saturated carbocycles. The molecule has 0 atom stereocenters. The normalized spacial score (nSPS) is 10.9. The van der Waals surface area contributed by atoms with Crippen LogP contribution in [0.15, 0.2) is 43.0 Å². The fourth-order valence-corrected chi connectivity index (χ4v) is 3.17. The molecule has 3 aromatic rings. The molecule has 2 aromatic heterocycles. The van der Waals surface area contributed by atoms with E-state index < -0.39 is 0 Å². The summed E-state index contributed by atoms with van der Waals surface area (Å²) in [5, 5.41) is 6.60. The van der Waals surface area contributed by atoms with Crippen LogP contribution in [0.1, 0.15) is 58.7 Å². The van der Waals surface area contributed by atoms with Gasteiger partial charge in [0, 0.05) is 37.1 Å². The maximum absolute atomic E-state index is 12.8. The zero-order valence-electron chi connectivity index (χ0n) is 16.9. The summed E-state index contributed by atoms with van der Waals surface area (Å²) in [7, 11) is 0. The number of carbonyl (C=O) groups is 2. The number of aromatic nitrogens is 3. The number of aryl methyl sites for hydroxylation is 1. The molecule has 2 N–H and O–H groups in total. The molecule has 0 radical (unpaired) electrons. The molecule has 3 rings (SSSR count). The predicted octanol–water partition coefficient (Wildman–Crippen LogP) is 2.87. The van der Waals surface area contributed by atoms with E-state index in [2.05, 4.69) is 52.4 Å². The van der Waals surface area contributed by atoms with Crippen LogP contribution >= 0.6 is 0 Å². The lowest BCUT2D eigenvalue weighted by molar-refractivity contribution is 0.0925.